The maximum Gasteiger partial charge on any atom is 0.269 e. The van der Waals surface area contributed by atoms with Crippen molar-refractivity contribution in [3.63, 3.8) is 0 Å². The van der Waals surface area contributed by atoms with Crippen LogP contribution in [0.15, 0.2) is 35.7 Å². The van der Waals surface area contributed by atoms with E-state index in [-0.39, 0.29) is 23.6 Å². The van der Waals surface area contributed by atoms with Crippen molar-refractivity contribution in [1.29, 1.82) is 0 Å². The first-order valence-corrected chi connectivity index (χ1v) is 9.38. The van der Waals surface area contributed by atoms with E-state index in [0.29, 0.717) is 23.6 Å². The summed E-state index contributed by atoms with van der Waals surface area (Å²) in [7, 11) is 0. The van der Waals surface area contributed by atoms with Crippen LogP contribution < -0.4 is 21.7 Å². The molecule has 0 radical (unpaired) electrons. The van der Waals surface area contributed by atoms with Crippen LogP contribution in [0.4, 0.5) is 5.69 Å². The van der Waals surface area contributed by atoms with Crippen LogP contribution in [0, 0.1) is 0 Å². The molecule has 0 unspecified atom stereocenters. The average molecular weight is 348 g/mol. The van der Waals surface area contributed by atoms with Crippen molar-refractivity contribution in [3.8, 4) is 0 Å². The van der Waals surface area contributed by atoms with Gasteiger partial charge in [-0.1, -0.05) is 0 Å². The predicted octanol–water partition coefficient (Wildman–Crippen LogP) is 1.66. The first kappa shape index (κ1) is 18.2. The van der Waals surface area contributed by atoms with Crippen LogP contribution in [-0.2, 0) is 4.79 Å². The maximum atomic E-state index is 12.1. The molecule has 1 fully saturated rings. The number of carbonyl (C=O) groups is 2. The summed E-state index contributed by atoms with van der Waals surface area (Å²) >= 11 is 1.58. The van der Waals surface area contributed by atoms with Crippen LogP contribution in [0.2, 0.25) is 0 Å². The molecule has 0 spiro atoms. The molecule has 2 amide bonds. The summed E-state index contributed by atoms with van der Waals surface area (Å²) < 4.78 is 0. The van der Waals surface area contributed by atoms with Gasteiger partial charge in [-0.05, 0) is 50.3 Å². The number of hydrogen-bond acceptors (Lipinski definition) is 5. The van der Waals surface area contributed by atoms with Crippen LogP contribution in [0.3, 0.4) is 0 Å². The molecule has 1 aliphatic carbocycles. The summed E-state index contributed by atoms with van der Waals surface area (Å²) in [5.41, 5.74) is 8.28. The van der Waals surface area contributed by atoms with Crippen molar-refractivity contribution in [2.24, 2.45) is 5.73 Å². The molecule has 5 N–H and O–H groups in total. The Balaban J connectivity index is 2.08. The summed E-state index contributed by atoms with van der Waals surface area (Å²) in [5, 5.41) is 8.84. The van der Waals surface area contributed by atoms with Crippen LogP contribution in [-0.4, -0.2) is 36.4 Å². The Kier molecular flexibility index (Phi) is 6.54. The fourth-order valence-corrected chi connectivity index (χ4v) is 2.61. The number of benzene rings is 1. The number of carbonyl (C=O) groups excluding carboxylic acids is 2. The molecule has 1 aromatic rings. The molecule has 0 heterocycles. The highest BCUT2D eigenvalue weighted by atomic mass is 32.2. The quantitative estimate of drug-likeness (QED) is 0.536. The van der Waals surface area contributed by atoms with Gasteiger partial charge < -0.3 is 21.7 Å². The molecule has 0 atom stereocenters. The Bertz CT molecular complexity index is 624. The maximum absolute atomic E-state index is 12.1. The van der Waals surface area contributed by atoms with Crippen molar-refractivity contribution in [1.82, 2.24) is 10.6 Å². The Hall–Kier alpha value is -2.15. The molecule has 0 saturated heterocycles. The molecule has 1 aromatic carbocycles. The monoisotopic (exact) mass is 348 g/mol. The minimum atomic E-state index is -0.229. The third-order valence-corrected chi connectivity index (χ3v) is 4.13. The Labute approximate surface area is 146 Å². The average Bonchev–Trinajstić information content (AvgIpc) is 3.38. The summed E-state index contributed by atoms with van der Waals surface area (Å²) in [6, 6.07) is 7.35. The van der Waals surface area contributed by atoms with Gasteiger partial charge in [0, 0.05) is 29.6 Å². The van der Waals surface area contributed by atoms with Crippen molar-refractivity contribution >= 4 is 29.3 Å². The van der Waals surface area contributed by atoms with Gasteiger partial charge in [0.25, 0.3) is 11.8 Å². The molecular formula is C17H24N4O2S. The van der Waals surface area contributed by atoms with Gasteiger partial charge in [-0.25, -0.2) is 0 Å². The van der Waals surface area contributed by atoms with Gasteiger partial charge >= 0.3 is 0 Å². The fraction of sp³-hybridized carbons (Fsp3) is 0.412. The Morgan fingerprint density at radius 2 is 1.92 bits per heavy atom. The van der Waals surface area contributed by atoms with Crippen LogP contribution >= 0.6 is 11.8 Å². The number of amides is 2. The third kappa shape index (κ3) is 5.19. The first-order chi connectivity index (χ1) is 11.5. The fourth-order valence-electron chi connectivity index (χ4n) is 2.10. The second kappa shape index (κ2) is 8.63. The molecular weight excluding hydrogens is 324 g/mol. The van der Waals surface area contributed by atoms with Gasteiger partial charge in [-0.3, -0.25) is 9.59 Å². The van der Waals surface area contributed by atoms with Crippen LogP contribution in [0.1, 0.15) is 30.1 Å². The van der Waals surface area contributed by atoms with E-state index in [9.17, 15) is 9.59 Å². The van der Waals surface area contributed by atoms with Crippen LogP contribution in [0.25, 0.3) is 0 Å². The Morgan fingerprint density at radius 1 is 1.25 bits per heavy atom. The van der Waals surface area contributed by atoms with Crippen LogP contribution in [0.5, 0.6) is 0 Å². The van der Waals surface area contributed by atoms with E-state index in [2.05, 4.69) is 16.0 Å². The SMILES string of the molecule is CCNC(=O)c1ccc(N/C(CSC)=C(\N)C(=O)NC2CC2)cc1. The number of rotatable bonds is 8. The molecule has 7 heteroatoms. The number of anilines is 1. The lowest BCUT2D eigenvalue weighted by Gasteiger charge is -2.14. The lowest BCUT2D eigenvalue weighted by molar-refractivity contribution is -0.117. The van der Waals surface area contributed by atoms with Gasteiger partial charge in [0.15, 0.2) is 0 Å². The number of thioether (sulfide) groups is 1. The van der Waals surface area contributed by atoms with E-state index in [0.717, 1.165) is 18.5 Å². The summed E-state index contributed by atoms with van der Waals surface area (Å²) in [4.78, 5) is 23.9. The van der Waals surface area contributed by atoms with Crippen molar-refractivity contribution in [3.05, 3.63) is 41.2 Å². The van der Waals surface area contributed by atoms with Crippen molar-refractivity contribution < 1.29 is 9.59 Å². The molecule has 24 heavy (non-hydrogen) atoms. The smallest absolute Gasteiger partial charge is 0.269 e. The molecule has 2 rings (SSSR count). The third-order valence-electron chi connectivity index (χ3n) is 3.55. The minimum absolute atomic E-state index is 0.104. The lowest BCUT2D eigenvalue weighted by atomic mass is 10.2. The summed E-state index contributed by atoms with van der Waals surface area (Å²) in [5.74, 6) is 0.266. The van der Waals surface area contributed by atoms with Crippen molar-refractivity contribution in [2.75, 3.05) is 23.9 Å². The van der Waals surface area contributed by atoms with Gasteiger partial charge in [0.2, 0.25) is 0 Å². The lowest BCUT2D eigenvalue weighted by Crippen LogP contribution is -2.32. The van der Waals surface area contributed by atoms with E-state index in [1.54, 1.807) is 36.0 Å². The van der Waals surface area contributed by atoms with E-state index in [4.69, 9.17) is 5.73 Å². The number of nitrogens with two attached hydrogens (primary N) is 1. The predicted molar refractivity (Wildman–Crippen MR) is 98.8 cm³/mol. The topological polar surface area (TPSA) is 96.2 Å². The molecule has 0 aromatic heterocycles. The molecule has 0 aliphatic heterocycles. The number of nitrogens with one attached hydrogen (secondary N) is 3. The zero-order chi connectivity index (χ0) is 17.5. The van der Waals surface area contributed by atoms with E-state index in [1.807, 2.05) is 13.2 Å². The summed E-state index contributed by atoms with van der Waals surface area (Å²) in [6.45, 7) is 2.47. The zero-order valence-corrected chi connectivity index (χ0v) is 14.8. The molecule has 1 saturated carbocycles. The van der Waals surface area contributed by atoms with E-state index < -0.39 is 0 Å². The van der Waals surface area contributed by atoms with Gasteiger partial charge in [0.05, 0.1) is 5.70 Å². The largest absolute Gasteiger partial charge is 0.393 e. The van der Waals surface area contributed by atoms with E-state index >= 15 is 0 Å². The minimum Gasteiger partial charge on any atom is -0.393 e. The van der Waals surface area contributed by atoms with Gasteiger partial charge in [0.1, 0.15) is 5.70 Å². The standard InChI is InChI=1S/C17H24N4O2S/c1-3-19-16(22)11-4-6-12(7-5-11)20-14(10-24-2)15(18)17(23)21-13-8-9-13/h4-7,13,20H,3,8-10,18H2,1-2H3,(H,19,22)(H,21,23)/b15-14-. The number of hydrogen-bond donors (Lipinski definition) is 4. The highest BCUT2D eigenvalue weighted by Crippen LogP contribution is 2.20. The zero-order valence-electron chi connectivity index (χ0n) is 14.0. The molecule has 0 bridgehead atoms. The second-order valence-corrected chi connectivity index (χ2v) is 6.50. The summed E-state index contributed by atoms with van der Waals surface area (Å²) in [6.07, 6.45) is 3.99. The Morgan fingerprint density at radius 3 is 2.46 bits per heavy atom. The highest BCUT2D eigenvalue weighted by molar-refractivity contribution is 7.98. The molecule has 1 aliphatic rings. The van der Waals surface area contributed by atoms with Crippen molar-refractivity contribution in [2.45, 2.75) is 25.8 Å². The van der Waals surface area contributed by atoms with Gasteiger partial charge in [-0.15, -0.1) is 0 Å². The van der Waals surface area contributed by atoms with Gasteiger partial charge in [-0.2, -0.15) is 11.8 Å². The molecule has 130 valence electrons. The highest BCUT2D eigenvalue weighted by Gasteiger charge is 2.25. The normalized spacial score (nSPS) is 14.6. The van der Waals surface area contributed by atoms with E-state index in [1.165, 1.54) is 0 Å². The molecule has 6 nitrogen and oxygen atoms in total. The second-order valence-electron chi connectivity index (χ2n) is 5.63. The first-order valence-electron chi connectivity index (χ1n) is 7.98.